The number of rotatable bonds is 12. The highest BCUT2D eigenvalue weighted by Gasteiger charge is 2.67. The van der Waals surface area contributed by atoms with Gasteiger partial charge in [-0.05, 0) is 113 Å². The molecule has 9 unspecified atom stereocenters. The van der Waals surface area contributed by atoms with Crippen molar-refractivity contribution in [1.82, 2.24) is 5.32 Å². The van der Waals surface area contributed by atoms with Crippen molar-refractivity contribution in [2.24, 2.45) is 28.6 Å². The van der Waals surface area contributed by atoms with Gasteiger partial charge in [0, 0.05) is 30.0 Å². The van der Waals surface area contributed by atoms with Gasteiger partial charge in [0.2, 0.25) is 0 Å². The minimum Gasteiger partial charge on any atom is -0.393 e. The number of hydrogen-bond donors (Lipinski definition) is 2. The number of allylic oxidation sites excluding steroid dienone is 8. The zero-order valence-corrected chi connectivity index (χ0v) is 37.7. The molecule has 5 aliphatic carbocycles. The Bertz CT molecular complexity index is 1410. The van der Waals surface area contributed by atoms with Crippen LogP contribution >= 0.6 is 21.0 Å². The van der Waals surface area contributed by atoms with E-state index < -0.39 is 0 Å². The number of nitrogens with zero attached hydrogens (tertiary/aromatic N) is 1. The Balaban J connectivity index is 0.000000973. The molecule has 0 aromatic heterocycles. The maximum atomic E-state index is 12.2. The predicted octanol–water partition coefficient (Wildman–Crippen LogP) is 11.2. The molecule has 9 atom stereocenters. The summed E-state index contributed by atoms with van der Waals surface area (Å²) in [6, 6.07) is 2.33. The molecule has 1 aliphatic heterocycles. The van der Waals surface area contributed by atoms with E-state index in [-0.39, 0.29) is 34.6 Å². The van der Waals surface area contributed by atoms with Crippen LogP contribution in [0.2, 0.25) is 0 Å². The molecule has 5 nitrogen and oxygen atoms in total. The summed E-state index contributed by atoms with van der Waals surface area (Å²) in [6.07, 6.45) is 52.3. The summed E-state index contributed by atoms with van der Waals surface area (Å²) in [6.45, 7) is 15.6. The van der Waals surface area contributed by atoms with Crippen molar-refractivity contribution in [3.8, 4) is 44.6 Å². The number of hydrogen-bond acceptors (Lipinski definition) is 6. The molecule has 1 heterocycles. The second-order valence-electron chi connectivity index (χ2n) is 16.0. The van der Waals surface area contributed by atoms with Gasteiger partial charge in [0.05, 0.1) is 36.2 Å². The molecule has 310 valence electrons. The molecule has 6 aliphatic rings. The van der Waals surface area contributed by atoms with E-state index in [0.717, 1.165) is 83.1 Å². The van der Waals surface area contributed by atoms with Crippen LogP contribution < -0.4 is 5.32 Å². The normalized spacial score (nSPS) is 32.3. The van der Waals surface area contributed by atoms with E-state index in [4.69, 9.17) is 9.47 Å². The Morgan fingerprint density at radius 3 is 2.27 bits per heavy atom. The minimum absolute atomic E-state index is 0.0408. The van der Waals surface area contributed by atoms with Gasteiger partial charge in [-0.25, -0.2) is 0 Å². The van der Waals surface area contributed by atoms with Gasteiger partial charge in [-0.3, -0.25) is 0 Å². The van der Waals surface area contributed by atoms with E-state index in [0.29, 0.717) is 24.2 Å². The van der Waals surface area contributed by atoms with Gasteiger partial charge >= 0.3 is 0 Å². The van der Waals surface area contributed by atoms with Gasteiger partial charge in [0.15, 0.2) is 0 Å². The fourth-order valence-corrected chi connectivity index (χ4v) is 10.7. The fourth-order valence-electron chi connectivity index (χ4n) is 9.58. The first-order chi connectivity index (χ1) is 27.1. The number of nitrogens with one attached hydrogen (secondary N) is 1. The number of aliphatic hydroxyl groups is 1. The van der Waals surface area contributed by atoms with Gasteiger partial charge < -0.3 is 19.9 Å². The first kappa shape index (κ1) is 51.3. The lowest BCUT2D eigenvalue weighted by Crippen LogP contribution is -2.61. The Morgan fingerprint density at radius 2 is 1.71 bits per heavy atom. The lowest BCUT2D eigenvalue weighted by molar-refractivity contribution is -0.188. The zero-order chi connectivity index (χ0) is 42.2. The lowest BCUT2D eigenvalue weighted by atomic mass is 9.45. The summed E-state index contributed by atoms with van der Waals surface area (Å²) < 4.78 is 12.9. The second kappa shape index (κ2) is 27.1. The number of aliphatic hydroxyl groups excluding tert-OH is 1. The Kier molecular flexibility index (Phi) is 24.8. The fraction of sp³-hybridized carbons (Fsp3) is 0.653. The predicted molar refractivity (Wildman–Crippen MR) is 246 cm³/mol. The van der Waals surface area contributed by atoms with Crippen molar-refractivity contribution < 1.29 is 14.6 Å². The van der Waals surface area contributed by atoms with Crippen molar-refractivity contribution >= 4 is 21.0 Å². The lowest BCUT2D eigenvalue weighted by Gasteiger charge is -2.61. The highest BCUT2D eigenvalue weighted by Crippen LogP contribution is 2.69. The third-order valence-corrected chi connectivity index (χ3v) is 13.8. The molecule has 7 heteroatoms. The summed E-state index contributed by atoms with van der Waals surface area (Å²) in [5.74, 6) is 2.56. The van der Waals surface area contributed by atoms with E-state index in [1.165, 1.54) is 41.4 Å². The summed E-state index contributed by atoms with van der Waals surface area (Å²) in [5, 5.41) is 26.5. The highest BCUT2D eigenvalue weighted by atomic mass is 32.2. The van der Waals surface area contributed by atoms with Crippen LogP contribution in [0.4, 0.5) is 0 Å². The van der Waals surface area contributed by atoms with Crippen LogP contribution in [0.25, 0.3) is 0 Å². The van der Waals surface area contributed by atoms with E-state index in [9.17, 15) is 10.4 Å². The summed E-state index contributed by atoms with van der Waals surface area (Å²) in [7, 11) is 2.59. The van der Waals surface area contributed by atoms with Gasteiger partial charge in [0.1, 0.15) is 0 Å². The van der Waals surface area contributed by atoms with Crippen LogP contribution in [0.5, 0.6) is 0 Å². The number of terminal acetylenes is 3. The molecule has 4 saturated carbocycles. The summed E-state index contributed by atoms with van der Waals surface area (Å²) >= 11 is 1.71. The quantitative estimate of drug-likeness (QED) is 0.0886. The van der Waals surface area contributed by atoms with Crippen molar-refractivity contribution in [2.75, 3.05) is 31.3 Å². The van der Waals surface area contributed by atoms with E-state index in [2.05, 4.69) is 117 Å². The van der Waals surface area contributed by atoms with E-state index in [1.807, 2.05) is 19.9 Å². The molecule has 0 bridgehead atoms. The van der Waals surface area contributed by atoms with Gasteiger partial charge in [0.25, 0.3) is 0 Å². The molecule has 6 rings (SSSR count). The Morgan fingerprint density at radius 1 is 1.05 bits per heavy atom. The SMILES string of the molecule is C#C.C#C.C#C.C/C=C(\C)P.C1CC1.CC/C=C\CNC1=C(/C=C/CC)CC2(C)C(=C1)CCC1C2C(O)CC2(C)C1CCC2(CSCC#N)OCC1CCCO1. The number of fused-ring (bicyclic) bond motifs is 5. The molecular formula is C49H75N2O3PS. The van der Waals surface area contributed by atoms with Gasteiger partial charge in [-0.1, -0.05) is 88.2 Å². The topological polar surface area (TPSA) is 74.5 Å². The van der Waals surface area contributed by atoms with E-state index in [1.54, 1.807) is 11.8 Å². The van der Waals surface area contributed by atoms with Crippen LogP contribution in [0.15, 0.2) is 58.6 Å². The maximum absolute atomic E-state index is 12.2. The summed E-state index contributed by atoms with van der Waals surface area (Å²) in [5.41, 5.74) is 3.69. The standard InChI is InChI=1S/C36H54N2O3S.C4H9P.C3H6.3C2H2/c1-5-7-9-18-38-31-21-27-13-14-29-30-15-16-36(25-42-20-17-37,41-24-28-12-10-19-40-28)35(30,4)23-32(39)33(29)34(27,3)22-26(31)11-8-6-2;1-3-4(2)5;1-2-3-1;3*1-2/h7-9,11,21,28-30,32-33,38-39H,5-6,10,12-16,18-20,22-25H2,1-4H3;3H,5H2,1-2H3;1-3H2;3*1-2H/b9-7-,11-8+;4-3+;;;;. The molecule has 56 heavy (non-hydrogen) atoms. The molecule has 0 radical (unpaired) electrons. The smallest absolute Gasteiger partial charge is 0.0831 e. The molecule has 1 saturated heterocycles. The molecule has 0 amide bonds. The van der Waals surface area contributed by atoms with Crippen molar-refractivity contribution in [2.45, 2.75) is 143 Å². The van der Waals surface area contributed by atoms with Crippen molar-refractivity contribution in [3.63, 3.8) is 0 Å². The van der Waals surface area contributed by atoms with E-state index >= 15 is 0 Å². The highest BCUT2D eigenvalue weighted by molar-refractivity contribution is 7.99. The zero-order valence-electron chi connectivity index (χ0n) is 35.7. The molecule has 0 aromatic carbocycles. The van der Waals surface area contributed by atoms with Crippen LogP contribution in [-0.4, -0.2) is 54.2 Å². The van der Waals surface area contributed by atoms with Gasteiger partial charge in [-0.15, -0.1) is 59.5 Å². The molecule has 5 fully saturated rings. The van der Waals surface area contributed by atoms with Crippen LogP contribution in [-0.2, 0) is 9.47 Å². The number of ether oxygens (including phenoxy) is 2. The molecular weight excluding hydrogens is 728 g/mol. The summed E-state index contributed by atoms with van der Waals surface area (Å²) in [4.78, 5) is 0. The van der Waals surface area contributed by atoms with Gasteiger partial charge in [-0.2, -0.15) is 5.26 Å². The Labute approximate surface area is 350 Å². The van der Waals surface area contributed by atoms with Crippen molar-refractivity contribution in [3.05, 3.63) is 58.6 Å². The second-order valence-corrected chi connectivity index (χ2v) is 17.9. The molecule has 2 N–H and O–H groups in total. The average molecular weight is 803 g/mol. The van der Waals surface area contributed by atoms with Crippen LogP contribution in [0.1, 0.15) is 125 Å². The van der Waals surface area contributed by atoms with Crippen LogP contribution in [0.3, 0.4) is 0 Å². The minimum atomic E-state index is -0.367. The molecule has 0 aromatic rings. The number of nitriles is 1. The average Bonchev–Trinajstić information content (AvgIpc) is 3.96. The largest absolute Gasteiger partial charge is 0.393 e. The first-order valence-corrected chi connectivity index (χ1v) is 22.6. The number of thioether (sulfide) groups is 1. The monoisotopic (exact) mass is 803 g/mol. The van der Waals surface area contributed by atoms with Crippen molar-refractivity contribution in [1.29, 1.82) is 5.26 Å². The third-order valence-electron chi connectivity index (χ3n) is 12.4. The molecule has 0 spiro atoms. The maximum Gasteiger partial charge on any atom is 0.0831 e. The first-order valence-electron chi connectivity index (χ1n) is 20.8. The van der Waals surface area contributed by atoms with Crippen LogP contribution in [0, 0.1) is 78.5 Å². The Hall–Kier alpha value is -2.67. The third kappa shape index (κ3) is 13.7.